The van der Waals surface area contributed by atoms with Gasteiger partial charge < -0.3 is 15.4 Å². The molecule has 2 aliphatic rings. The van der Waals surface area contributed by atoms with E-state index in [4.69, 9.17) is 4.74 Å². The molecule has 6 heteroatoms. The fourth-order valence-electron chi connectivity index (χ4n) is 4.08. The molecule has 0 unspecified atom stereocenters. The van der Waals surface area contributed by atoms with Gasteiger partial charge >= 0.3 is 6.03 Å². The zero-order valence-electron chi connectivity index (χ0n) is 14.9. The van der Waals surface area contributed by atoms with Gasteiger partial charge in [0.25, 0.3) is 0 Å². The third-order valence-corrected chi connectivity index (χ3v) is 5.41. The van der Waals surface area contributed by atoms with Gasteiger partial charge in [0, 0.05) is 41.9 Å². The number of amides is 2. The standard InChI is InChI=1S/C19H26N4O2/c1-12(2)23-11-13-10-14(6-7-16(13)22-23)20-19(24)21-17-4-3-5-18-15(17)8-9-25-18/h6-7,10-12,15,17-18H,3-5,8-9H2,1-2H3,(H2,20,21,24)/t15-,17-,18-/m1/s1. The Morgan fingerprint density at radius 3 is 3.04 bits per heavy atom. The van der Waals surface area contributed by atoms with Crippen LogP contribution in [0.2, 0.25) is 0 Å². The van der Waals surface area contributed by atoms with Crippen LogP contribution in [0.3, 0.4) is 0 Å². The van der Waals surface area contributed by atoms with Gasteiger partial charge in [-0.05, 0) is 57.7 Å². The number of aromatic nitrogens is 2. The van der Waals surface area contributed by atoms with Gasteiger partial charge in [-0.3, -0.25) is 4.68 Å². The minimum absolute atomic E-state index is 0.131. The summed E-state index contributed by atoms with van der Waals surface area (Å²) in [6.45, 7) is 5.02. The minimum atomic E-state index is -0.131. The summed E-state index contributed by atoms with van der Waals surface area (Å²) in [5.74, 6) is 0.464. The normalized spacial score (nSPS) is 26.0. The Bertz CT molecular complexity index is 770. The highest BCUT2D eigenvalue weighted by molar-refractivity contribution is 5.92. The van der Waals surface area contributed by atoms with E-state index in [2.05, 4.69) is 29.6 Å². The maximum absolute atomic E-state index is 12.4. The molecular weight excluding hydrogens is 316 g/mol. The van der Waals surface area contributed by atoms with Crippen molar-refractivity contribution in [3.63, 3.8) is 0 Å². The van der Waals surface area contributed by atoms with Crippen molar-refractivity contribution >= 4 is 22.6 Å². The molecule has 0 radical (unpaired) electrons. The summed E-state index contributed by atoms with van der Waals surface area (Å²) >= 11 is 0. The molecule has 2 fully saturated rings. The van der Waals surface area contributed by atoms with Crippen LogP contribution in [0.15, 0.2) is 24.4 Å². The van der Waals surface area contributed by atoms with Gasteiger partial charge in [0.05, 0.1) is 11.6 Å². The summed E-state index contributed by atoms with van der Waals surface area (Å²) in [4.78, 5) is 12.4. The highest BCUT2D eigenvalue weighted by Gasteiger charge is 2.38. The molecule has 6 nitrogen and oxygen atoms in total. The molecule has 1 aromatic heterocycles. The highest BCUT2D eigenvalue weighted by Crippen LogP contribution is 2.34. The van der Waals surface area contributed by atoms with Crippen LogP contribution in [-0.2, 0) is 4.74 Å². The van der Waals surface area contributed by atoms with E-state index in [0.717, 1.165) is 48.9 Å². The number of hydrogen-bond acceptors (Lipinski definition) is 3. The maximum atomic E-state index is 12.4. The number of rotatable bonds is 3. The van der Waals surface area contributed by atoms with E-state index >= 15 is 0 Å². The van der Waals surface area contributed by atoms with Gasteiger partial charge in [0.15, 0.2) is 0 Å². The zero-order valence-corrected chi connectivity index (χ0v) is 14.9. The van der Waals surface area contributed by atoms with Crippen molar-refractivity contribution in [2.45, 2.75) is 57.7 Å². The van der Waals surface area contributed by atoms with E-state index in [1.54, 1.807) is 0 Å². The van der Waals surface area contributed by atoms with Crippen molar-refractivity contribution in [2.75, 3.05) is 11.9 Å². The lowest BCUT2D eigenvalue weighted by molar-refractivity contribution is 0.0553. The topological polar surface area (TPSA) is 68.2 Å². The van der Waals surface area contributed by atoms with Gasteiger partial charge in [-0.1, -0.05) is 0 Å². The summed E-state index contributed by atoms with van der Waals surface area (Å²) in [5.41, 5.74) is 1.74. The lowest BCUT2D eigenvalue weighted by Crippen LogP contribution is -2.47. The average Bonchev–Trinajstić information content (AvgIpc) is 3.21. The number of benzene rings is 1. The first-order chi connectivity index (χ1) is 12.1. The first-order valence-corrected chi connectivity index (χ1v) is 9.28. The second kappa shape index (κ2) is 6.67. The smallest absolute Gasteiger partial charge is 0.319 e. The third-order valence-electron chi connectivity index (χ3n) is 5.41. The summed E-state index contributed by atoms with van der Waals surface area (Å²) < 4.78 is 7.72. The Balaban J connectivity index is 1.42. The van der Waals surface area contributed by atoms with Crippen LogP contribution in [0.5, 0.6) is 0 Å². The van der Waals surface area contributed by atoms with Gasteiger partial charge in [0.2, 0.25) is 0 Å². The van der Waals surface area contributed by atoms with Crippen molar-refractivity contribution in [1.82, 2.24) is 15.1 Å². The van der Waals surface area contributed by atoms with E-state index in [1.807, 2.05) is 29.1 Å². The summed E-state index contributed by atoms with van der Waals surface area (Å²) in [5, 5.41) is 11.7. The number of nitrogens with zero attached hydrogens (tertiary/aromatic N) is 2. The van der Waals surface area contributed by atoms with Crippen LogP contribution in [0.1, 0.15) is 45.6 Å². The van der Waals surface area contributed by atoms with Gasteiger partial charge in [-0.2, -0.15) is 5.10 Å². The van der Waals surface area contributed by atoms with Crippen molar-refractivity contribution in [2.24, 2.45) is 5.92 Å². The van der Waals surface area contributed by atoms with E-state index in [1.165, 1.54) is 0 Å². The Morgan fingerprint density at radius 2 is 2.20 bits per heavy atom. The molecule has 2 aromatic rings. The number of carbonyl (C=O) groups is 1. The minimum Gasteiger partial charge on any atom is -0.378 e. The second-order valence-electron chi connectivity index (χ2n) is 7.47. The van der Waals surface area contributed by atoms with Crippen molar-refractivity contribution in [3.05, 3.63) is 24.4 Å². The lowest BCUT2D eigenvalue weighted by atomic mass is 9.82. The molecule has 1 aromatic carbocycles. The Kier molecular flexibility index (Phi) is 4.37. The number of anilines is 1. The molecule has 0 bridgehead atoms. The molecule has 1 aliphatic heterocycles. The van der Waals surface area contributed by atoms with Crippen molar-refractivity contribution < 1.29 is 9.53 Å². The van der Waals surface area contributed by atoms with Gasteiger partial charge in [0.1, 0.15) is 0 Å². The van der Waals surface area contributed by atoms with E-state index in [0.29, 0.717) is 18.1 Å². The number of urea groups is 1. The fraction of sp³-hybridized carbons (Fsp3) is 0.579. The quantitative estimate of drug-likeness (QED) is 0.894. The average molecular weight is 342 g/mol. The maximum Gasteiger partial charge on any atom is 0.319 e. The zero-order chi connectivity index (χ0) is 17.4. The van der Waals surface area contributed by atoms with Gasteiger partial charge in [-0.25, -0.2) is 4.79 Å². The van der Waals surface area contributed by atoms with Crippen LogP contribution in [0, 0.1) is 5.92 Å². The first-order valence-electron chi connectivity index (χ1n) is 9.28. The number of nitrogens with one attached hydrogen (secondary N) is 2. The van der Waals surface area contributed by atoms with E-state index in [9.17, 15) is 4.79 Å². The molecule has 1 aliphatic carbocycles. The second-order valence-corrected chi connectivity index (χ2v) is 7.47. The molecule has 2 heterocycles. The molecule has 1 saturated heterocycles. The number of hydrogen-bond donors (Lipinski definition) is 2. The number of carbonyl (C=O) groups excluding carboxylic acids is 1. The molecule has 3 atom stereocenters. The third kappa shape index (κ3) is 3.35. The van der Waals surface area contributed by atoms with Crippen LogP contribution >= 0.6 is 0 Å². The molecule has 25 heavy (non-hydrogen) atoms. The SMILES string of the molecule is CC(C)n1cc2cc(NC(=O)N[C@@H]3CCC[C@H]4OCC[C@H]34)ccc2n1. The lowest BCUT2D eigenvalue weighted by Gasteiger charge is -2.33. The van der Waals surface area contributed by atoms with Gasteiger partial charge in [-0.15, -0.1) is 0 Å². The van der Waals surface area contributed by atoms with E-state index in [-0.39, 0.29) is 12.1 Å². The Labute approximate surface area is 147 Å². The number of fused-ring (bicyclic) bond motifs is 2. The summed E-state index contributed by atoms with van der Waals surface area (Å²) in [7, 11) is 0. The molecule has 2 amide bonds. The van der Waals surface area contributed by atoms with Crippen LogP contribution in [0.25, 0.3) is 10.9 Å². The predicted molar refractivity (Wildman–Crippen MR) is 97.8 cm³/mol. The summed E-state index contributed by atoms with van der Waals surface area (Å²) in [6, 6.07) is 6.23. The molecule has 0 spiro atoms. The Hall–Kier alpha value is -2.08. The molecule has 1 saturated carbocycles. The van der Waals surface area contributed by atoms with E-state index < -0.39 is 0 Å². The highest BCUT2D eigenvalue weighted by atomic mass is 16.5. The Morgan fingerprint density at radius 1 is 1.32 bits per heavy atom. The van der Waals surface area contributed by atoms with Crippen LogP contribution < -0.4 is 10.6 Å². The molecule has 4 rings (SSSR count). The van der Waals surface area contributed by atoms with Crippen LogP contribution in [-0.4, -0.2) is 34.6 Å². The van der Waals surface area contributed by atoms with Crippen molar-refractivity contribution in [3.8, 4) is 0 Å². The molecule has 2 N–H and O–H groups in total. The monoisotopic (exact) mass is 342 g/mol. The van der Waals surface area contributed by atoms with Crippen molar-refractivity contribution in [1.29, 1.82) is 0 Å². The predicted octanol–water partition coefficient (Wildman–Crippen LogP) is 3.70. The largest absolute Gasteiger partial charge is 0.378 e. The first kappa shape index (κ1) is 16.4. The molecular formula is C19H26N4O2. The summed E-state index contributed by atoms with van der Waals surface area (Å²) in [6.07, 6.45) is 6.68. The fourth-order valence-corrected chi connectivity index (χ4v) is 4.08. The molecule has 134 valence electrons. The van der Waals surface area contributed by atoms with Crippen LogP contribution in [0.4, 0.5) is 10.5 Å². The number of ether oxygens (including phenoxy) is 1.